The van der Waals surface area contributed by atoms with Crippen molar-refractivity contribution in [1.82, 2.24) is 9.80 Å². The van der Waals surface area contributed by atoms with Gasteiger partial charge in [-0.2, -0.15) is 0 Å². The van der Waals surface area contributed by atoms with Crippen LogP contribution in [0.3, 0.4) is 0 Å². The predicted octanol–water partition coefficient (Wildman–Crippen LogP) is 4.23. The van der Waals surface area contributed by atoms with Crippen molar-refractivity contribution in [3.8, 4) is 11.5 Å². The molecule has 0 aromatic heterocycles. The molecule has 10 nitrogen and oxygen atoms in total. The second-order valence-corrected chi connectivity index (χ2v) is 9.20. The molecule has 0 spiro atoms. The molecule has 0 unspecified atom stereocenters. The lowest BCUT2D eigenvalue weighted by atomic mass is 10.1. The Labute approximate surface area is 212 Å². The zero-order valence-electron chi connectivity index (χ0n) is 19.7. The van der Waals surface area contributed by atoms with Crippen molar-refractivity contribution in [1.29, 1.82) is 0 Å². The minimum atomic E-state index is -0.499. The normalized spacial score (nSPS) is 16.6. The number of nitro benzene ring substituents is 1. The first-order chi connectivity index (χ1) is 17.4. The lowest BCUT2D eigenvalue weighted by molar-refractivity contribution is -0.384. The molecule has 188 valence electrons. The van der Waals surface area contributed by atoms with Crippen LogP contribution in [-0.2, 0) is 16.2 Å². The Bertz CT molecular complexity index is 1220. The number of nitrogens with zero attached hydrogens (tertiary/aromatic N) is 3. The molecule has 2 aromatic rings. The number of likely N-dealkylation sites (tertiary alicyclic amines) is 1. The lowest BCUT2D eigenvalue weighted by Gasteiger charge is -2.18. The summed E-state index contributed by atoms with van der Waals surface area (Å²) in [5, 5.41) is 10.5. The third-order valence-corrected chi connectivity index (χ3v) is 6.61. The van der Waals surface area contributed by atoms with E-state index in [0.717, 1.165) is 29.5 Å². The molecule has 0 aliphatic carbocycles. The van der Waals surface area contributed by atoms with Gasteiger partial charge in [0.1, 0.15) is 13.2 Å². The molecule has 0 N–H and O–H groups in total. The van der Waals surface area contributed by atoms with Crippen LogP contribution in [0.5, 0.6) is 11.5 Å². The molecule has 0 saturated carbocycles. The van der Waals surface area contributed by atoms with Gasteiger partial charge >= 0.3 is 0 Å². The number of imide groups is 1. The van der Waals surface area contributed by atoms with Gasteiger partial charge in [0.25, 0.3) is 16.8 Å². The van der Waals surface area contributed by atoms with E-state index < -0.39 is 16.1 Å². The number of carbonyl (C=O) groups excluding carboxylic acids is 3. The van der Waals surface area contributed by atoms with Gasteiger partial charge in [0.2, 0.25) is 5.91 Å². The molecule has 4 rings (SSSR count). The van der Waals surface area contributed by atoms with Crippen LogP contribution in [0.4, 0.5) is 10.5 Å². The number of thioether (sulfide) groups is 1. The van der Waals surface area contributed by atoms with Crippen LogP contribution in [0.25, 0.3) is 6.08 Å². The Balaban J connectivity index is 1.47. The fourth-order valence-corrected chi connectivity index (χ4v) is 4.75. The largest absolute Gasteiger partial charge is 0.490 e. The molecule has 2 saturated heterocycles. The second-order valence-electron chi connectivity index (χ2n) is 8.21. The topological polar surface area (TPSA) is 119 Å². The van der Waals surface area contributed by atoms with Crippen molar-refractivity contribution in [2.24, 2.45) is 0 Å². The third kappa shape index (κ3) is 5.85. The minimum Gasteiger partial charge on any atom is -0.490 e. The summed E-state index contributed by atoms with van der Waals surface area (Å²) < 4.78 is 11.5. The average molecular weight is 512 g/mol. The molecule has 11 heteroatoms. The summed E-state index contributed by atoms with van der Waals surface area (Å²) in [6.45, 7) is 3.34. The second kappa shape index (κ2) is 11.3. The van der Waals surface area contributed by atoms with E-state index >= 15 is 0 Å². The van der Waals surface area contributed by atoms with Crippen molar-refractivity contribution < 1.29 is 28.8 Å². The first-order valence-electron chi connectivity index (χ1n) is 11.5. The van der Waals surface area contributed by atoms with E-state index in [2.05, 4.69) is 0 Å². The van der Waals surface area contributed by atoms with Crippen LogP contribution in [0.1, 0.15) is 30.9 Å². The smallest absolute Gasteiger partial charge is 0.294 e. The highest BCUT2D eigenvalue weighted by molar-refractivity contribution is 8.18. The van der Waals surface area contributed by atoms with Gasteiger partial charge in [0.15, 0.2) is 11.5 Å². The standard InChI is InChI=1S/C25H25N3O7S/c1-2-34-21-13-17(8-9-20(21)35-16-18-6-5-7-19(12-18)28(32)33)14-22-24(30)27(25(31)36-22)15-23(29)26-10-3-4-11-26/h5-9,12-14H,2-4,10-11,15-16H2,1H3/b22-14-. The number of hydrogen-bond acceptors (Lipinski definition) is 8. The van der Waals surface area contributed by atoms with Crippen molar-refractivity contribution in [3.63, 3.8) is 0 Å². The third-order valence-electron chi connectivity index (χ3n) is 5.71. The van der Waals surface area contributed by atoms with Gasteiger partial charge in [0.05, 0.1) is 16.4 Å². The number of nitro groups is 1. The fraction of sp³-hybridized carbons (Fsp3) is 0.320. The lowest BCUT2D eigenvalue weighted by Crippen LogP contribution is -2.40. The first-order valence-corrected chi connectivity index (χ1v) is 12.3. The van der Waals surface area contributed by atoms with Gasteiger partial charge in [-0.3, -0.25) is 29.4 Å². The summed E-state index contributed by atoms with van der Waals surface area (Å²) in [7, 11) is 0. The number of benzene rings is 2. The molecule has 2 fully saturated rings. The number of carbonyl (C=O) groups is 3. The minimum absolute atomic E-state index is 0.0208. The molecule has 0 radical (unpaired) electrons. The maximum atomic E-state index is 12.8. The molecule has 3 amide bonds. The van der Waals surface area contributed by atoms with Crippen molar-refractivity contribution >= 4 is 40.6 Å². The Morgan fingerprint density at radius 2 is 1.89 bits per heavy atom. The van der Waals surface area contributed by atoms with Crippen LogP contribution in [0.2, 0.25) is 0 Å². The van der Waals surface area contributed by atoms with Gasteiger partial charge in [0, 0.05) is 25.2 Å². The zero-order chi connectivity index (χ0) is 25.7. The molecule has 0 atom stereocenters. The van der Waals surface area contributed by atoms with Crippen molar-refractivity contribution in [2.75, 3.05) is 26.2 Å². The highest BCUT2D eigenvalue weighted by Gasteiger charge is 2.37. The van der Waals surface area contributed by atoms with Gasteiger partial charge < -0.3 is 14.4 Å². The maximum absolute atomic E-state index is 12.8. The highest BCUT2D eigenvalue weighted by Crippen LogP contribution is 2.35. The van der Waals surface area contributed by atoms with Gasteiger partial charge in [-0.1, -0.05) is 18.2 Å². The van der Waals surface area contributed by atoms with Gasteiger partial charge in [-0.15, -0.1) is 0 Å². The van der Waals surface area contributed by atoms with E-state index in [0.29, 0.717) is 42.3 Å². The number of amides is 3. The molecule has 36 heavy (non-hydrogen) atoms. The molecule has 2 aliphatic rings. The van der Waals surface area contributed by atoms with Crippen LogP contribution in [-0.4, -0.2) is 58.0 Å². The van der Waals surface area contributed by atoms with Crippen LogP contribution < -0.4 is 9.47 Å². The fourth-order valence-electron chi connectivity index (χ4n) is 3.91. The Kier molecular flexibility index (Phi) is 7.89. The molecule has 2 heterocycles. The quantitative estimate of drug-likeness (QED) is 0.279. The van der Waals surface area contributed by atoms with E-state index in [9.17, 15) is 24.5 Å². The van der Waals surface area contributed by atoms with Crippen LogP contribution in [0, 0.1) is 10.1 Å². The van der Waals surface area contributed by atoms with Gasteiger partial charge in [-0.05, 0) is 60.9 Å². The Hall–Kier alpha value is -3.86. The van der Waals surface area contributed by atoms with E-state index in [1.165, 1.54) is 12.1 Å². The summed E-state index contributed by atoms with van der Waals surface area (Å²) in [6, 6.07) is 11.3. The van der Waals surface area contributed by atoms with Crippen LogP contribution in [0.15, 0.2) is 47.4 Å². The van der Waals surface area contributed by atoms with Crippen molar-refractivity contribution in [2.45, 2.75) is 26.4 Å². The summed E-state index contributed by atoms with van der Waals surface area (Å²) in [5.41, 5.74) is 1.23. The highest BCUT2D eigenvalue weighted by atomic mass is 32.2. The Morgan fingerprint density at radius 3 is 2.61 bits per heavy atom. The summed E-state index contributed by atoms with van der Waals surface area (Å²) in [6.07, 6.45) is 3.44. The molecular formula is C25H25N3O7S. The molecule has 2 aromatic carbocycles. The van der Waals surface area contributed by atoms with E-state index in [1.807, 2.05) is 6.92 Å². The predicted molar refractivity (Wildman–Crippen MR) is 134 cm³/mol. The van der Waals surface area contributed by atoms with E-state index in [-0.39, 0.29) is 29.7 Å². The monoisotopic (exact) mass is 511 g/mol. The van der Waals surface area contributed by atoms with Crippen molar-refractivity contribution in [3.05, 3.63) is 68.6 Å². The van der Waals surface area contributed by atoms with Gasteiger partial charge in [-0.25, -0.2) is 0 Å². The summed E-state index contributed by atoms with van der Waals surface area (Å²) in [4.78, 5) is 51.1. The number of ether oxygens (including phenoxy) is 2. The van der Waals surface area contributed by atoms with E-state index in [1.54, 1.807) is 41.3 Å². The zero-order valence-corrected chi connectivity index (χ0v) is 20.5. The average Bonchev–Trinajstić information content (AvgIpc) is 3.49. The maximum Gasteiger partial charge on any atom is 0.294 e. The number of rotatable bonds is 9. The summed E-state index contributed by atoms with van der Waals surface area (Å²) >= 11 is 0.796. The first kappa shape index (κ1) is 25.2. The number of hydrogen-bond donors (Lipinski definition) is 0. The summed E-state index contributed by atoms with van der Waals surface area (Å²) in [5.74, 6) is 0.145. The molecule has 2 aliphatic heterocycles. The SMILES string of the molecule is CCOc1cc(/C=C2\SC(=O)N(CC(=O)N3CCCC3)C2=O)ccc1OCc1cccc([N+](=O)[O-])c1. The number of non-ortho nitro benzene ring substituents is 1. The Morgan fingerprint density at radius 1 is 1.11 bits per heavy atom. The molecule has 0 bridgehead atoms. The van der Waals surface area contributed by atoms with E-state index in [4.69, 9.17) is 9.47 Å². The van der Waals surface area contributed by atoms with Crippen LogP contribution >= 0.6 is 11.8 Å². The molecular weight excluding hydrogens is 486 g/mol.